The molecule has 0 aromatic carbocycles. The fourth-order valence-corrected chi connectivity index (χ4v) is 3.54. The molecule has 1 aliphatic rings. The normalized spacial score (nSPS) is 16.3. The minimum absolute atomic E-state index is 0.526. The summed E-state index contributed by atoms with van der Waals surface area (Å²) >= 11 is 0. The fourth-order valence-electron chi connectivity index (χ4n) is 3.54. The molecule has 1 fully saturated rings. The standard InChI is InChI=1S/C17H27N5/c1-3-15-13(10-18)16(20-12-8-6-5-7-9-12)14-11-19-22(4-2)17(14)21-15/h11-12H,3-10,18H2,1-2H3,(H,20,21). The smallest absolute Gasteiger partial charge is 0.160 e. The third-order valence-electron chi connectivity index (χ3n) is 4.76. The fraction of sp³-hybridized carbons (Fsp3) is 0.647. The Morgan fingerprint density at radius 3 is 2.68 bits per heavy atom. The minimum Gasteiger partial charge on any atom is -0.381 e. The average Bonchev–Trinajstić information content (AvgIpc) is 2.98. The predicted molar refractivity (Wildman–Crippen MR) is 91.0 cm³/mol. The molecule has 2 aromatic rings. The van der Waals surface area contributed by atoms with Crippen LogP contribution in [-0.4, -0.2) is 20.8 Å². The highest BCUT2D eigenvalue weighted by atomic mass is 15.3. The van der Waals surface area contributed by atoms with Crippen LogP contribution in [0.3, 0.4) is 0 Å². The van der Waals surface area contributed by atoms with Crippen molar-refractivity contribution in [2.24, 2.45) is 5.73 Å². The topological polar surface area (TPSA) is 68.8 Å². The van der Waals surface area contributed by atoms with E-state index in [4.69, 9.17) is 10.7 Å². The lowest BCUT2D eigenvalue weighted by Gasteiger charge is -2.26. The molecule has 0 saturated heterocycles. The van der Waals surface area contributed by atoms with Crippen molar-refractivity contribution >= 4 is 16.7 Å². The predicted octanol–water partition coefficient (Wildman–Crippen LogP) is 3.22. The van der Waals surface area contributed by atoms with E-state index in [1.165, 1.54) is 37.8 Å². The van der Waals surface area contributed by atoms with Crippen LogP contribution in [0.2, 0.25) is 0 Å². The molecule has 0 spiro atoms. The van der Waals surface area contributed by atoms with E-state index in [2.05, 4.69) is 24.3 Å². The Bertz CT molecular complexity index is 640. The second kappa shape index (κ2) is 6.65. The Morgan fingerprint density at radius 2 is 2.05 bits per heavy atom. The summed E-state index contributed by atoms with van der Waals surface area (Å²) in [6, 6.07) is 0.555. The van der Waals surface area contributed by atoms with Crippen LogP contribution in [0.1, 0.15) is 57.2 Å². The van der Waals surface area contributed by atoms with E-state index in [-0.39, 0.29) is 0 Å². The van der Waals surface area contributed by atoms with E-state index in [1.54, 1.807) is 0 Å². The molecule has 2 aromatic heterocycles. The van der Waals surface area contributed by atoms with Crippen molar-refractivity contribution in [1.29, 1.82) is 0 Å². The number of aryl methyl sites for hydroxylation is 2. The Labute approximate surface area is 132 Å². The Morgan fingerprint density at radius 1 is 1.27 bits per heavy atom. The number of pyridine rings is 1. The number of hydrogen-bond donors (Lipinski definition) is 2. The molecule has 2 heterocycles. The van der Waals surface area contributed by atoms with Crippen molar-refractivity contribution < 1.29 is 0 Å². The van der Waals surface area contributed by atoms with E-state index in [0.29, 0.717) is 12.6 Å². The average molecular weight is 301 g/mol. The minimum atomic E-state index is 0.526. The molecular weight excluding hydrogens is 274 g/mol. The van der Waals surface area contributed by atoms with Crippen LogP contribution in [0.15, 0.2) is 6.20 Å². The lowest BCUT2D eigenvalue weighted by molar-refractivity contribution is 0.462. The monoisotopic (exact) mass is 301 g/mol. The zero-order valence-electron chi connectivity index (χ0n) is 13.7. The van der Waals surface area contributed by atoms with Gasteiger partial charge in [0.1, 0.15) is 0 Å². The Kier molecular flexibility index (Phi) is 4.62. The molecule has 0 atom stereocenters. The highest BCUT2D eigenvalue weighted by molar-refractivity contribution is 5.91. The first kappa shape index (κ1) is 15.3. The van der Waals surface area contributed by atoms with E-state index in [1.807, 2.05) is 10.9 Å². The second-order valence-electron chi connectivity index (χ2n) is 6.15. The van der Waals surface area contributed by atoms with E-state index in [0.717, 1.165) is 35.3 Å². The SMILES string of the molecule is CCc1nc2c(cnn2CC)c(NC2CCCCC2)c1CN. The molecule has 1 aliphatic carbocycles. The molecule has 0 amide bonds. The molecule has 5 heteroatoms. The number of rotatable bonds is 5. The lowest BCUT2D eigenvalue weighted by atomic mass is 9.94. The number of nitrogens with one attached hydrogen (secondary N) is 1. The van der Waals surface area contributed by atoms with E-state index < -0.39 is 0 Å². The van der Waals surface area contributed by atoms with Crippen molar-refractivity contribution in [3.63, 3.8) is 0 Å². The van der Waals surface area contributed by atoms with Crippen LogP contribution in [0, 0.1) is 0 Å². The van der Waals surface area contributed by atoms with Gasteiger partial charge in [-0.25, -0.2) is 9.67 Å². The zero-order chi connectivity index (χ0) is 15.5. The molecule has 0 unspecified atom stereocenters. The molecule has 0 radical (unpaired) electrons. The highest BCUT2D eigenvalue weighted by Crippen LogP contribution is 2.31. The second-order valence-corrected chi connectivity index (χ2v) is 6.15. The van der Waals surface area contributed by atoms with Gasteiger partial charge in [0, 0.05) is 30.4 Å². The van der Waals surface area contributed by atoms with Gasteiger partial charge < -0.3 is 11.1 Å². The maximum Gasteiger partial charge on any atom is 0.160 e. The molecule has 3 rings (SSSR count). The van der Waals surface area contributed by atoms with Crippen LogP contribution in [0.25, 0.3) is 11.0 Å². The Hall–Kier alpha value is -1.62. The van der Waals surface area contributed by atoms with Crippen molar-refractivity contribution in [3.05, 3.63) is 17.5 Å². The molecular formula is C17H27N5. The third-order valence-corrected chi connectivity index (χ3v) is 4.76. The number of hydrogen-bond acceptors (Lipinski definition) is 4. The van der Waals surface area contributed by atoms with Gasteiger partial charge in [-0.15, -0.1) is 0 Å². The largest absolute Gasteiger partial charge is 0.381 e. The summed E-state index contributed by atoms with van der Waals surface area (Å²) in [6.07, 6.45) is 9.33. The van der Waals surface area contributed by atoms with Crippen molar-refractivity contribution in [2.75, 3.05) is 5.32 Å². The van der Waals surface area contributed by atoms with Gasteiger partial charge in [-0.2, -0.15) is 5.10 Å². The van der Waals surface area contributed by atoms with Crippen molar-refractivity contribution in [3.8, 4) is 0 Å². The number of nitrogens with two attached hydrogens (primary N) is 1. The van der Waals surface area contributed by atoms with E-state index >= 15 is 0 Å². The van der Waals surface area contributed by atoms with Crippen molar-refractivity contribution in [1.82, 2.24) is 14.8 Å². The summed E-state index contributed by atoms with van der Waals surface area (Å²) in [5.74, 6) is 0. The third kappa shape index (κ3) is 2.70. The van der Waals surface area contributed by atoms with Crippen LogP contribution in [-0.2, 0) is 19.5 Å². The summed E-state index contributed by atoms with van der Waals surface area (Å²) < 4.78 is 1.97. The summed E-state index contributed by atoms with van der Waals surface area (Å²) in [5, 5.41) is 9.39. The maximum absolute atomic E-state index is 6.06. The number of fused-ring (bicyclic) bond motifs is 1. The van der Waals surface area contributed by atoms with Gasteiger partial charge in [-0.1, -0.05) is 26.2 Å². The first-order valence-electron chi connectivity index (χ1n) is 8.62. The van der Waals surface area contributed by atoms with Crippen LogP contribution < -0.4 is 11.1 Å². The summed E-state index contributed by atoms with van der Waals surface area (Å²) in [4.78, 5) is 4.83. The molecule has 3 N–H and O–H groups in total. The van der Waals surface area contributed by atoms with Crippen LogP contribution >= 0.6 is 0 Å². The van der Waals surface area contributed by atoms with Gasteiger partial charge in [-0.05, 0) is 26.2 Å². The Balaban J connectivity index is 2.09. The quantitative estimate of drug-likeness (QED) is 0.889. The lowest BCUT2D eigenvalue weighted by Crippen LogP contribution is -2.24. The molecule has 0 aliphatic heterocycles. The van der Waals surface area contributed by atoms with Crippen molar-refractivity contribution in [2.45, 2.75) is 71.5 Å². The molecule has 0 bridgehead atoms. The van der Waals surface area contributed by atoms with Crippen LogP contribution in [0.4, 0.5) is 5.69 Å². The summed E-state index contributed by atoms with van der Waals surface area (Å²) in [5.41, 5.74) is 10.5. The van der Waals surface area contributed by atoms with Gasteiger partial charge in [0.15, 0.2) is 5.65 Å². The summed E-state index contributed by atoms with van der Waals surface area (Å²) in [6.45, 7) is 5.61. The molecule has 5 nitrogen and oxygen atoms in total. The first-order chi connectivity index (χ1) is 10.8. The van der Waals surface area contributed by atoms with Gasteiger partial charge in [0.05, 0.1) is 17.3 Å². The number of nitrogens with zero attached hydrogens (tertiary/aromatic N) is 3. The van der Waals surface area contributed by atoms with E-state index in [9.17, 15) is 0 Å². The van der Waals surface area contributed by atoms with Gasteiger partial charge in [0.2, 0.25) is 0 Å². The zero-order valence-corrected chi connectivity index (χ0v) is 13.7. The summed E-state index contributed by atoms with van der Waals surface area (Å²) in [7, 11) is 0. The maximum atomic E-state index is 6.06. The molecule has 120 valence electrons. The number of aromatic nitrogens is 3. The first-order valence-corrected chi connectivity index (χ1v) is 8.62. The highest BCUT2D eigenvalue weighted by Gasteiger charge is 2.20. The van der Waals surface area contributed by atoms with Crippen LogP contribution in [0.5, 0.6) is 0 Å². The number of anilines is 1. The van der Waals surface area contributed by atoms with Gasteiger partial charge in [0.25, 0.3) is 0 Å². The molecule has 1 saturated carbocycles. The van der Waals surface area contributed by atoms with Gasteiger partial charge in [-0.3, -0.25) is 0 Å². The van der Waals surface area contributed by atoms with Gasteiger partial charge >= 0.3 is 0 Å². The molecule has 22 heavy (non-hydrogen) atoms.